The second-order valence-corrected chi connectivity index (χ2v) is 10.4. The highest BCUT2D eigenvalue weighted by atomic mass is 35.5. The first kappa shape index (κ1) is 28.2. The number of amides is 2. The molecule has 2 aromatic rings. The van der Waals surface area contributed by atoms with Crippen LogP contribution in [-0.2, 0) is 24.3 Å². The largest absolute Gasteiger partial charge is 0.396 e. The average molecular weight is 524 g/mol. The van der Waals surface area contributed by atoms with Gasteiger partial charge in [0.05, 0.1) is 0 Å². The quantitative estimate of drug-likeness (QED) is 0.520. The van der Waals surface area contributed by atoms with Crippen molar-refractivity contribution in [2.45, 2.75) is 39.8 Å². The molecular weight excluding hydrogens is 490 g/mol. The van der Waals surface area contributed by atoms with Crippen LogP contribution in [0, 0.1) is 5.41 Å². The van der Waals surface area contributed by atoms with E-state index in [2.05, 4.69) is 11.9 Å². The Bertz CT molecular complexity index is 1290. The molecular formula is C29H34ClN3O4. The fourth-order valence-electron chi connectivity index (χ4n) is 4.17. The van der Waals surface area contributed by atoms with Crippen LogP contribution in [0.3, 0.4) is 0 Å². The molecule has 0 bridgehead atoms. The number of benzene rings is 1. The third-order valence-electron chi connectivity index (χ3n) is 6.31. The Labute approximate surface area is 222 Å². The maximum absolute atomic E-state index is 13.6. The summed E-state index contributed by atoms with van der Waals surface area (Å²) >= 11 is 5.94. The summed E-state index contributed by atoms with van der Waals surface area (Å²) in [6.07, 6.45) is 8.67. The van der Waals surface area contributed by atoms with Crippen molar-refractivity contribution in [3.8, 4) is 0 Å². The van der Waals surface area contributed by atoms with E-state index in [1.54, 1.807) is 43.5 Å². The highest BCUT2D eigenvalue weighted by Gasteiger charge is 2.25. The van der Waals surface area contributed by atoms with Crippen molar-refractivity contribution in [3.05, 3.63) is 98.5 Å². The summed E-state index contributed by atoms with van der Waals surface area (Å²) < 4.78 is 1.41. The fraction of sp³-hybridized carbons (Fsp3) is 0.345. The molecule has 0 atom stereocenters. The minimum Gasteiger partial charge on any atom is -0.396 e. The Morgan fingerprint density at radius 1 is 1.24 bits per heavy atom. The molecule has 196 valence electrons. The molecule has 0 radical (unpaired) electrons. The van der Waals surface area contributed by atoms with Crippen LogP contribution in [0.4, 0.5) is 0 Å². The summed E-state index contributed by atoms with van der Waals surface area (Å²) in [5.41, 5.74) is 2.15. The van der Waals surface area contributed by atoms with Gasteiger partial charge in [0, 0.05) is 42.9 Å². The van der Waals surface area contributed by atoms with Crippen molar-refractivity contribution in [3.63, 3.8) is 0 Å². The van der Waals surface area contributed by atoms with Gasteiger partial charge < -0.3 is 19.9 Å². The molecule has 0 unspecified atom stereocenters. The van der Waals surface area contributed by atoms with Gasteiger partial charge in [0.2, 0.25) is 5.91 Å². The Morgan fingerprint density at radius 3 is 2.59 bits per heavy atom. The fourth-order valence-corrected chi connectivity index (χ4v) is 4.30. The number of nitrogens with zero attached hydrogens (tertiary/aromatic N) is 2. The lowest BCUT2D eigenvalue weighted by Gasteiger charge is -2.29. The molecule has 1 aromatic heterocycles. The lowest BCUT2D eigenvalue weighted by Crippen LogP contribution is -2.42. The molecule has 2 amide bonds. The number of rotatable bonds is 9. The van der Waals surface area contributed by atoms with Gasteiger partial charge in [-0.3, -0.25) is 14.4 Å². The number of nitrogens with one attached hydrogen (secondary N) is 1. The first-order valence-corrected chi connectivity index (χ1v) is 12.6. The van der Waals surface area contributed by atoms with Crippen LogP contribution in [0.2, 0.25) is 5.02 Å². The SMILES string of the molecule is C=CC1=CCCc2c(cc(C(=O)NCc3ccc(Cl)cc3)c(=O)n2CC(=O)N(C)CC(C)(C)CO)C=C1. The molecule has 0 saturated heterocycles. The number of carbonyl (C=O) groups is 2. The first-order chi connectivity index (χ1) is 17.5. The molecule has 37 heavy (non-hydrogen) atoms. The highest BCUT2D eigenvalue weighted by molar-refractivity contribution is 6.30. The lowest BCUT2D eigenvalue weighted by atomic mass is 9.94. The third kappa shape index (κ3) is 7.31. The topological polar surface area (TPSA) is 91.6 Å². The number of hydrogen-bond acceptors (Lipinski definition) is 4. The zero-order chi connectivity index (χ0) is 27.2. The summed E-state index contributed by atoms with van der Waals surface area (Å²) in [7, 11) is 1.65. The minimum atomic E-state index is -0.520. The number of allylic oxidation sites excluding steroid dienone is 4. The van der Waals surface area contributed by atoms with Gasteiger partial charge >= 0.3 is 0 Å². The normalized spacial score (nSPS) is 13.2. The van der Waals surface area contributed by atoms with Crippen molar-refractivity contribution in [1.82, 2.24) is 14.8 Å². The second kappa shape index (κ2) is 12.2. The summed E-state index contributed by atoms with van der Waals surface area (Å²) in [6, 6.07) is 8.66. The van der Waals surface area contributed by atoms with E-state index in [4.69, 9.17) is 11.6 Å². The van der Waals surface area contributed by atoms with Crippen LogP contribution in [-0.4, -0.2) is 46.6 Å². The van der Waals surface area contributed by atoms with Gasteiger partial charge in [0.1, 0.15) is 12.1 Å². The predicted molar refractivity (Wildman–Crippen MR) is 147 cm³/mol. The standard InChI is InChI=1S/C29H34ClN3O4/c1-5-20-7-6-8-25-22(12-9-20)15-24(27(36)31-16-21-10-13-23(30)14-11-21)28(37)33(25)17-26(35)32(4)18-29(2,3)19-34/h5,7,9-15,34H,1,6,8,16-19H2,2-4H3,(H,31,36). The zero-order valence-electron chi connectivity index (χ0n) is 21.6. The second-order valence-electron chi connectivity index (χ2n) is 10.0. The van der Waals surface area contributed by atoms with E-state index in [1.807, 2.05) is 32.1 Å². The van der Waals surface area contributed by atoms with E-state index in [0.29, 0.717) is 35.7 Å². The number of halogens is 1. The number of aliphatic hydroxyl groups is 1. The van der Waals surface area contributed by atoms with E-state index in [0.717, 1.165) is 11.1 Å². The van der Waals surface area contributed by atoms with E-state index in [9.17, 15) is 19.5 Å². The molecule has 1 aliphatic carbocycles. The van der Waals surface area contributed by atoms with Crippen LogP contribution < -0.4 is 10.9 Å². The van der Waals surface area contributed by atoms with Gasteiger partial charge in [-0.05, 0) is 47.7 Å². The molecule has 0 saturated carbocycles. The van der Waals surface area contributed by atoms with Gasteiger partial charge in [-0.25, -0.2) is 0 Å². The monoisotopic (exact) mass is 523 g/mol. The minimum absolute atomic E-state index is 0.0341. The molecule has 0 fully saturated rings. The molecule has 0 spiro atoms. The van der Waals surface area contributed by atoms with Crippen molar-refractivity contribution in [2.75, 3.05) is 20.2 Å². The number of pyridine rings is 1. The Balaban J connectivity index is 1.98. The van der Waals surface area contributed by atoms with Crippen LogP contribution in [0.15, 0.2) is 65.5 Å². The summed E-state index contributed by atoms with van der Waals surface area (Å²) in [4.78, 5) is 41.4. The van der Waals surface area contributed by atoms with E-state index in [-0.39, 0.29) is 31.2 Å². The molecule has 1 aromatic carbocycles. The van der Waals surface area contributed by atoms with Crippen molar-refractivity contribution < 1.29 is 14.7 Å². The van der Waals surface area contributed by atoms with Crippen LogP contribution in [0.5, 0.6) is 0 Å². The smallest absolute Gasteiger partial charge is 0.264 e. The molecule has 0 aliphatic heterocycles. The highest BCUT2D eigenvalue weighted by Crippen LogP contribution is 2.20. The predicted octanol–water partition coefficient (Wildman–Crippen LogP) is 3.98. The number of aliphatic hydroxyl groups excluding tert-OH is 1. The van der Waals surface area contributed by atoms with Gasteiger partial charge in [-0.15, -0.1) is 0 Å². The maximum atomic E-state index is 13.6. The van der Waals surface area contributed by atoms with E-state index in [1.165, 1.54) is 9.47 Å². The molecule has 1 heterocycles. The van der Waals surface area contributed by atoms with Crippen LogP contribution in [0.25, 0.3) is 6.08 Å². The van der Waals surface area contributed by atoms with Gasteiger partial charge in [0.25, 0.3) is 11.5 Å². The zero-order valence-corrected chi connectivity index (χ0v) is 22.3. The molecule has 3 rings (SSSR count). The van der Waals surface area contributed by atoms with E-state index < -0.39 is 16.9 Å². The van der Waals surface area contributed by atoms with Crippen molar-refractivity contribution >= 4 is 29.5 Å². The number of likely N-dealkylation sites (N-methyl/N-ethyl adjacent to an activating group) is 1. The number of hydrogen-bond donors (Lipinski definition) is 2. The summed E-state index contributed by atoms with van der Waals surface area (Å²) in [6.45, 7) is 7.82. The van der Waals surface area contributed by atoms with Gasteiger partial charge in [-0.2, -0.15) is 0 Å². The Kier molecular flexibility index (Phi) is 9.29. The lowest BCUT2D eigenvalue weighted by molar-refractivity contribution is -0.132. The molecule has 2 N–H and O–H groups in total. The average Bonchev–Trinajstić information content (AvgIpc) is 2.85. The number of carbonyl (C=O) groups excluding carboxylic acids is 2. The summed E-state index contributed by atoms with van der Waals surface area (Å²) in [5, 5.41) is 13.0. The van der Waals surface area contributed by atoms with Crippen LogP contribution >= 0.6 is 11.6 Å². The van der Waals surface area contributed by atoms with Crippen molar-refractivity contribution in [2.24, 2.45) is 5.41 Å². The Morgan fingerprint density at radius 2 is 1.95 bits per heavy atom. The third-order valence-corrected chi connectivity index (χ3v) is 6.56. The number of aromatic nitrogens is 1. The first-order valence-electron chi connectivity index (χ1n) is 12.2. The Hall–Kier alpha value is -3.42. The maximum Gasteiger partial charge on any atom is 0.264 e. The number of fused-ring (bicyclic) bond motifs is 1. The van der Waals surface area contributed by atoms with Gasteiger partial charge in [0.15, 0.2) is 0 Å². The molecule has 7 nitrogen and oxygen atoms in total. The van der Waals surface area contributed by atoms with Gasteiger partial charge in [-0.1, -0.05) is 68.5 Å². The van der Waals surface area contributed by atoms with Crippen molar-refractivity contribution in [1.29, 1.82) is 0 Å². The van der Waals surface area contributed by atoms with E-state index >= 15 is 0 Å². The van der Waals surface area contributed by atoms with Crippen LogP contribution in [0.1, 0.15) is 47.4 Å². The molecule has 1 aliphatic rings. The molecule has 8 heteroatoms. The summed E-state index contributed by atoms with van der Waals surface area (Å²) in [5.74, 6) is -0.799.